The van der Waals surface area contributed by atoms with Crippen LogP contribution < -0.4 is 10.2 Å². The molecule has 2 atom stereocenters. The van der Waals surface area contributed by atoms with E-state index >= 15 is 0 Å². The van der Waals surface area contributed by atoms with Crippen molar-refractivity contribution < 1.29 is 4.74 Å². The minimum atomic E-state index is 0.305. The van der Waals surface area contributed by atoms with Crippen molar-refractivity contribution in [1.29, 1.82) is 0 Å². The van der Waals surface area contributed by atoms with E-state index in [9.17, 15) is 0 Å². The lowest BCUT2D eigenvalue weighted by molar-refractivity contribution is 0.182. The smallest absolute Gasteiger partial charge is 0.0663 e. The van der Waals surface area contributed by atoms with Gasteiger partial charge in [-0.1, -0.05) is 24.6 Å². The molecule has 1 aromatic rings. The SMILES string of the molecule is CCCNC(C)c1ccc(N(CC)C(C)COC)c(Cl)c1. The van der Waals surface area contributed by atoms with Gasteiger partial charge in [-0.2, -0.15) is 0 Å². The zero-order valence-corrected chi connectivity index (χ0v) is 14.7. The number of nitrogens with zero attached hydrogens (tertiary/aromatic N) is 1. The Morgan fingerprint density at radius 3 is 2.52 bits per heavy atom. The Kier molecular flexibility index (Phi) is 8.09. The maximum Gasteiger partial charge on any atom is 0.0663 e. The first-order valence-electron chi connectivity index (χ1n) is 7.83. The summed E-state index contributed by atoms with van der Waals surface area (Å²) in [7, 11) is 1.73. The van der Waals surface area contributed by atoms with Crippen molar-refractivity contribution in [3.63, 3.8) is 0 Å². The number of rotatable bonds is 9. The van der Waals surface area contributed by atoms with Crippen LogP contribution in [0.2, 0.25) is 5.02 Å². The van der Waals surface area contributed by atoms with E-state index in [2.05, 4.69) is 56.1 Å². The second kappa shape index (κ2) is 9.29. The van der Waals surface area contributed by atoms with Gasteiger partial charge in [-0.05, 0) is 51.4 Å². The highest BCUT2D eigenvalue weighted by atomic mass is 35.5. The molecule has 0 heterocycles. The third-order valence-electron chi connectivity index (χ3n) is 3.76. The Morgan fingerprint density at radius 1 is 1.29 bits per heavy atom. The largest absolute Gasteiger partial charge is 0.383 e. The van der Waals surface area contributed by atoms with Crippen LogP contribution in [0.1, 0.15) is 45.7 Å². The Balaban J connectivity index is 2.90. The van der Waals surface area contributed by atoms with E-state index in [1.807, 2.05) is 0 Å². The summed E-state index contributed by atoms with van der Waals surface area (Å²) in [5, 5.41) is 4.30. The van der Waals surface area contributed by atoms with E-state index in [1.54, 1.807) is 7.11 Å². The molecule has 0 aliphatic rings. The summed E-state index contributed by atoms with van der Waals surface area (Å²) in [6.45, 7) is 11.3. The Hall–Kier alpha value is -0.770. The van der Waals surface area contributed by atoms with Crippen molar-refractivity contribution in [2.24, 2.45) is 0 Å². The Bertz CT molecular complexity index is 425. The lowest BCUT2D eigenvalue weighted by atomic mass is 10.1. The second-order valence-electron chi connectivity index (χ2n) is 5.48. The summed E-state index contributed by atoms with van der Waals surface area (Å²) in [6, 6.07) is 6.99. The average Bonchev–Trinajstić information content (AvgIpc) is 2.47. The zero-order chi connectivity index (χ0) is 15.8. The molecule has 21 heavy (non-hydrogen) atoms. The molecule has 0 saturated heterocycles. The quantitative estimate of drug-likeness (QED) is 0.737. The van der Waals surface area contributed by atoms with Crippen LogP contribution in [0.15, 0.2) is 18.2 Å². The lowest BCUT2D eigenvalue weighted by Crippen LogP contribution is -2.36. The molecule has 1 rings (SSSR count). The monoisotopic (exact) mass is 312 g/mol. The number of benzene rings is 1. The van der Waals surface area contributed by atoms with Crippen LogP contribution in [0.4, 0.5) is 5.69 Å². The van der Waals surface area contributed by atoms with Crippen LogP contribution in [0.5, 0.6) is 0 Å². The number of anilines is 1. The van der Waals surface area contributed by atoms with Crippen molar-refractivity contribution in [2.75, 3.05) is 31.7 Å². The van der Waals surface area contributed by atoms with E-state index in [4.69, 9.17) is 16.3 Å². The molecule has 1 aromatic carbocycles. The van der Waals surface area contributed by atoms with Crippen molar-refractivity contribution in [3.05, 3.63) is 28.8 Å². The number of methoxy groups -OCH3 is 1. The second-order valence-corrected chi connectivity index (χ2v) is 5.88. The van der Waals surface area contributed by atoms with Gasteiger partial charge in [0, 0.05) is 25.7 Å². The maximum atomic E-state index is 6.51. The number of hydrogen-bond donors (Lipinski definition) is 1. The van der Waals surface area contributed by atoms with Crippen molar-refractivity contribution >= 4 is 17.3 Å². The van der Waals surface area contributed by atoms with Crippen LogP contribution in [0.3, 0.4) is 0 Å². The van der Waals surface area contributed by atoms with E-state index in [1.165, 1.54) is 5.56 Å². The number of likely N-dealkylation sites (N-methyl/N-ethyl adjacent to an activating group) is 1. The highest BCUT2D eigenvalue weighted by Crippen LogP contribution is 2.30. The molecule has 0 spiro atoms. The van der Waals surface area contributed by atoms with E-state index in [0.29, 0.717) is 18.7 Å². The number of halogens is 1. The van der Waals surface area contributed by atoms with Crippen LogP contribution in [0.25, 0.3) is 0 Å². The van der Waals surface area contributed by atoms with Crippen LogP contribution in [-0.2, 0) is 4.74 Å². The molecule has 0 amide bonds. The predicted octanol–water partition coefficient (Wildman–Crippen LogP) is 4.26. The first-order valence-corrected chi connectivity index (χ1v) is 8.21. The lowest BCUT2D eigenvalue weighted by Gasteiger charge is -2.31. The molecule has 4 heteroatoms. The standard InChI is InChI=1S/C17H29ClN2O/c1-6-10-19-14(4)15-8-9-17(16(18)11-15)20(7-2)13(3)12-21-5/h8-9,11,13-14,19H,6-7,10,12H2,1-5H3. The van der Waals surface area contributed by atoms with Crippen molar-refractivity contribution in [3.8, 4) is 0 Å². The molecule has 0 fully saturated rings. The van der Waals surface area contributed by atoms with Gasteiger partial charge in [-0.25, -0.2) is 0 Å². The van der Waals surface area contributed by atoms with Gasteiger partial charge in [-0.15, -0.1) is 0 Å². The van der Waals surface area contributed by atoms with Crippen LogP contribution >= 0.6 is 11.6 Å². The fraction of sp³-hybridized carbons (Fsp3) is 0.647. The highest BCUT2D eigenvalue weighted by Gasteiger charge is 2.16. The molecule has 0 aromatic heterocycles. The van der Waals surface area contributed by atoms with Crippen molar-refractivity contribution in [1.82, 2.24) is 5.32 Å². The molecule has 0 aliphatic heterocycles. The topological polar surface area (TPSA) is 24.5 Å². The van der Waals surface area contributed by atoms with Crippen LogP contribution in [0, 0.1) is 0 Å². The number of nitrogens with one attached hydrogen (secondary N) is 1. The van der Waals surface area contributed by atoms with Gasteiger partial charge in [0.1, 0.15) is 0 Å². The third-order valence-corrected chi connectivity index (χ3v) is 4.07. The summed E-state index contributed by atoms with van der Waals surface area (Å²) in [5.41, 5.74) is 2.31. The molecule has 0 saturated carbocycles. The normalized spacial score (nSPS) is 14.0. The minimum Gasteiger partial charge on any atom is -0.383 e. The molecule has 0 radical (unpaired) electrons. The molecule has 1 N–H and O–H groups in total. The summed E-state index contributed by atoms with van der Waals surface area (Å²) >= 11 is 6.51. The summed E-state index contributed by atoms with van der Waals surface area (Å²) in [5.74, 6) is 0. The van der Waals surface area contributed by atoms with E-state index < -0.39 is 0 Å². The van der Waals surface area contributed by atoms with Crippen LogP contribution in [-0.4, -0.2) is 32.8 Å². The Morgan fingerprint density at radius 2 is 2.00 bits per heavy atom. The van der Waals surface area contributed by atoms with Gasteiger partial charge in [0.25, 0.3) is 0 Å². The molecular weight excluding hydrogens is 284 g/mol. The first kappa shape index (κ1) is 18.3. The van der Waals surface area contributed by atoms with Gasteiger partial charge in [-0.3, -0.25) is 0 Å². The number of ether oxygens (including phenoxy) is 1. The van der Waals surface area contributed by atoms with Gasteiger partial charge < -0.3 is 15.0 Å². The number of hydrogen-bond acceptors (Lipinski definition) is 3. The first-order chi connectivity index (χ1) is 10.0. The third kappa shape index (κ3) is 5.17. The molecular formula is C17H29ClN2O. The maximum absolute atomic E-state index is 6.51. The molecule has 3 nitrogen and oxygen atoms in total. The molecule has 0 aliphatic carbocycles. The van der Waals surface area contributed by atoms with Gasteiger partial charge >= 0.3 is 0 Å². The van der Waals surface area contributed by atoms with Crippen molar-refractivity contribution in [2.45, 2.75) is 46.2 Å². The minimum absolute atomic E-state index is 0.305. The summed E-state index contributed by atoms with van der Waals surface area (Å²) < 4.78 is 5.26. The van der Waals surface area contributed by atoms with E-state index in [0.717, 1.165) is 30.2 Å². The van der Waals surface area contributed by atoms with Gasteiger partial charge in [0.05, 0.1) is 17.3 Å². The van der Waals surface area contributed by atoms with E-state index in [-0.39, 0.29) is 0 Å². The van der Waals surface area contributed by atoms with Gasteiger partial charge in [0.2, 0.25) is 0 Å². The fourth-order valence-electron chi connectivity index (χ4n) is 2.55. The predicted molar refractivity (Wildman–Crippen MR) is 92.5 cm³/mol. The highest BCUT2D eigenvalue weighted by molar-refractivity contribution is 6.33. The molecule has 120 valence electrons. The average molecular weight is 313 g/mol. The Labute approximate surface area is 134 Å². The summed E-state index contributed by atoms with van der Waals surface area (Å²) in [6.07, 6.45) is 1.13. The summed E-state index contributed by atoms with van der Waals surface area (Å²) in [4.78, 5) is 2.28. The molecule has 0 bridgehead atoms. The fourth-order valence-corrected chi connectivity index (χ4v) is 2.85. The molecule has 2 unspecified atom stereocenters. The zero-order valence-electron chi connectivity index (χ0n) is 13.9. The van der Waals surface area contributed by atoms with Gasteiger partial charge in [0.15, 0.2) is 0 Å².